The second-order valence-electron chi connectivity index (χ2n) is 6.43. The average molecular weight is 327 g/mol. The lowest BCUT2D eigenvalue weighted by Crippen LogP contribution is -2.44. The number of benzene rings is 1. The van der Waals surface area contributed by atoms with E-state index in [1.807, 2.05) is 30.3 Å². The van der Waals surface area contributed by atoms with Crippen molar-refractivity contribution in [2.24, 2.45) is 11.8 Å². The van der Waals surface area contributed by atoms with E-state index >= 15 is 0 Å². The highest BCUT2D eigenvalue weighted by molar-refractivity contribution is 6.07. The van der Waals surface area contributed by atoms with Gasteiger partial charge >= 0.3 is 5.97 Å². The quantitative estimate of drug-likeness (QED) is 0.470. The number of hydrogen-bond acceptors (Lipinski definition) is 5. The Hall–Kier alpha value is -2.47. The van der Waals surface area contributed by atoms with Gasteiger partial charge in [0.1, 0.15) is 12.2 Å². The lowest BCUT2D eigenvalue weighted by atomic mass is 9.77. The topological polar surface area (TPSA) is 72.9 Å². The van der Waals surface area contributed by atoms with Crippen LogP contribution in [0.15, 0.2) is 42.5 Å². The minimum atomic E-state index is -1.01. The van der Waals surface area contributed by atoms with Crippen LogP contribution in [0.3, 0.4) is 0 Å². The Kier molecular flexibility index (Phi) is 3.31. The summed E-state index contributed by atoms with van der Waals surface area (Å²) in [5.41, 5.74) is -0.117. The molecule has 0 unspecified atom stereocenters. The number of likely N-dealkylation sites (tertiary alicyclic amines) is 1. The number of carbonyl (C=O) groups is 3. The van der Waals surface area contributed by atoms with Gasteiger partial charge in [0, 0.05) is 6.92 Å². The van der Waals surface area contributed by atoms with Crippen LogP contribution in [-0.4, -0.2) is 41.0 Å². The maximum atomic E-state index is 12.9. The van der Waals surface area contributed by atoms with Crippen molar-refractivity contribution in [2.45, 2.75) is 25.2 Å². The zero-order valence-corrected chi connectivity index (χ0v) is 13.2. The molecular weight excluding hydrogens is 310 g/mol. The van der Waals surface area contributed by atoms with Gasteiger partial charge in [-0.05, 0) is 11.6 Å². The van der Waals surface area contributed by atoms with Gasteiger partial charge < -0.3 is 9.47 Å². The van der Waals surface area contributed by atoms with Crippen LogP contribution < -0.4 is 0 Å². The van der Waals surface area contributed by atoms with Crippen molar-refractivity contribution in [3.8, 4) is 0 Å². The highest BCUT2D eigenvalue weighted by atomic mass is 16.6. The third-order valence-electron chi connectivity index (χ3n) is 4.93. The fourth-order valence-electron chi connectivity index (χ4n) is 3.86. The van der Waals surface area contributed by atoms with E-state index in [2.05, 4.69) is 0 Å². The third-order valence-corrected chi connectivity index (χ3v) is 4.93. The third kappa shape index (κ3) is 2.10. The molecule has 124 valence electrons. The van der Waals surface area contributed by atoms with E-state index in [0.717, 1.165) is 5.56 Å². The molecule has 2 bridgehead atoms. The Bertz CT molecular complexity index is 743. The smallest absolute Gasteiger partial charge is 0.302 e. The number of imide groups is 1. The average Bonchev–Trinajstić information content (AvgIpc) is 3.21. The zero-order valence-electron chi connectivity index (χ0n) is 13.2. The summed E-state index contributed by atoms with van der Waals surface area (Å²) in [6, 6.07) is 9.40. The van der Waals surface area contributed by atoms with Crippen LogP contribution >= 0.6 is 0 Å². The van der Waals surface area contributed by atoms with E-state index in [1.54, 1.807) is 12.2 Å². The Morgan fingerprint density at radius 2 is 2.00 bits per heavy atom. The number of nitrogens with zero attached hydrogens (tertiary/aromatic N) is 1. The van der Waals surface area contributed by atoms with Crippen molar-refractivity contribution >= 4 is 17.8 Å². The summed E-state index contributed by atoms with van der Waals surface area (Å²) < 4.78 is 11.0. The molecule has 0 aliphatic carbocycles. The SMILES string of the molecule is CC(=O)OC[C@@]12C=C[C@@H](O1)[C@@H]1C(=O)N(Cc3ccccc3)C(=O)[C@H]12. The molecule has 6 nitrogen and oxygen atoms in total. The molecule has 4 rings (SSSR count). The molecule has 3 aliphatic heterocycles. The van der Waals surface area contributed by atoms with E-state index in [9.17, 15) is 14.4 Å². The maximum absolute atomic E-state index is 12.9. The predicted molar refractivity (Wildman–Crippen MR) is 82.4 cm³/mol. The van der Waals surface area contributed by atoms with Crippen LogP contribution in [0.4, 0.5) is 0 Å². The largest absolute Gasteiger partial charge is 0.462 e. The second kappa shape index (κ2) is 5.27. The lowest BCUT2D eigenvalue weighted by molar-refractivity contribution is -0.155. The number of fused-ring (bicyclic) bond motifs is 5. The molecule has 1 aromatic rings. The molecule has 0 saturated carbocycles. The van der Waals surface area contributed by atoms with Crippen LogP contribution in [0, 0.1) is 11.8 Å². The van der Waals surface area contributed by atoms with Gasteiger partial charge in [-0.15, -0.1) is 0 Å². The van der Waals surface area contributed by atoms with Gasteiger partial charge in [0.05, 0.1) is 24.5 Å². The van der Waals surface area contributed by atoms with Gasteiger partial charge in [0.25, 0.3) is 0 Å². The van der Waals surface area contributed by atoms with Crippen molar-refractivity contribution in [3.05, 3.63) is 48.0 Å². The zero-order chi connectivity index (χ0) is 16.9. The molecule has 0 N–H and O–H groups in total. The van der Waals surface area contributed by atoms with Gasteiger partial charge in [-0.1, -0.05) is 36.4 Å². The van der Waals surface area contributed by atoms with E-state index in [0.29, 0.717) is 0 Å². The van der Waals surface area contributed by atoms with Crippen LogP contribution in [0.1, 0.15) is 12.5 Å². The highest BCUT2D eigenvalue weighted by Gasteiger charge is 2.67. The van der Waals surface area contributed by atoms with Gasteiger partial charge in [-0.2, -0.15) is 0 Å². The molecule has 3 aliphatic rings. The Morgan fingerprint density at radius 1 is 1.25 bits per heavy atom. The maximum Gasteiger partial charge on any atom is 0.302 e. The van der Waals surface area contributed by atoms with Gasteiger partial charge in [-0.3, -0.25) is 19.3 Å². The predicted octanol–water partition coefficient (Wildman–Crippen LogP) is 1.06. The number of hydrogen-bond donors (Lipinski definition) is 0. The molecule has 0 aromatic heterocycles. The van der Waals surface area contributed by atoms with Crippen molar-refractivity contribution in [1.29, 1.82) is 0 Å². The molecule has 0 radical (unpaired) electrons. The number of amides is 2. The van der Waals surface area contributed by atoms with Crippen LogP contribution in [0.2, 0.25) is 0 Å². The molecule has 2 saturated heterocycles. The Labute approximate surface area is 139 Å². The number of ether oxygens (including phenoxy) is 2. The Balaban J connectivity index is 1.61. The van der Waals surface area contributed by atoms with Crippen molar-refractivity contribution in [2.75, 3.05) is 6.61 Å². The van der Waals surface area contributed by atoms with E-state index < -0.39 is 29.5 Å². The summed E-state index contributed by atoms with van der Waals surface area (Å²) in [5.74, 6) is -2.06. The summed E-state index contributed by atoms with van der Waals surface area (Å²) in [7, 11) is 0. The highest BCUT2D eigenvalue weighted by Crippen LogP contribution is 2.52. The van der Waals surface area contributed by atoms with Gasteiger partial charge in [0.15, 0.2) is 0 Å². The van der Waals surface area contributed by atoms with Crippen molar-refractivity contribution in [3.63, 3.8) is 0 Å². The van der Waals surface area contributed by atoms with Crippen LogP contribution in [0.5, 0.6) is 0 Å². The molecule has 2 amide bonds. The van der Waals surface area contributed by atoms with Gasteiger partial charge in [0.2, 0.25) is 11.8 Å². The normalized spacial score (nSPS) is 33.2. The molecule has 1 aromatic carbocycles. The lowest BCUT2D eigenvalue weighted by Gasteiger charge is -2.28. The van der Waals surface area contributed by atoms with E-state index in [-0.39, 0.29) is 25.0 Å². The first-order valence-corrected chi connectivity index (χ1v) is 7.91. The summed E-state index contributed by atoms with van der Waals surface area (Å²) >= 11 is 0. The Morgan fingerprint density at radius 3 is 2.71 bits per heavy atom. The summed E-state index contributed by atoms with van der Waals surface area (Å²) in [4.78, 5) is 38.1. The van der Waals surface area contributed by atoms with Gasteiger partial charge in [-0.25, -0.2) is 0 Å². The molecule has 4 atom stereocenters. The van der Waals surface area contributed by atoms with E-state index in [4.69, 9.17) is 9.47 Å². The second-order valence-corrected chi connectivity index (χ2v) is 6.43. The van der Waals surface area contributed by atoms with Crippen LogP contribution in [-0.2, 0) is 30.4 Å². The fraction of sp³-hybridized carbons (Fsp3) is 0.389. The van der Waals surface area contributed by atoms with E-state index in [1.165, 1.54) is 11.8 Å². The summed E-state index contributed by atoms with van der Waals surface area (Å²) in [6.07, 6.45) is 3.13. The van der Waals surface area contributed by atoms with Crippen molar-refractivity contribution < 1.29 is 23.9 Å². The molecule has 2 fully saturated rings. The van der Waals surface area contributed by atoms with Crippen molar-refractivity contribution in [1.82, 2.24) is 4.90 Å². The number of carbonyl (C=O) groups excluding carboxylic acids is 3. The molecule has 3 heterocycles. The fourth-order valence-corrected chi connectivity index (χ4v) is 3.86. The first kappa shape index (κ1) is 15.1. The minimum Gasteiger partial charge on any atom is -0.462 e. The standard InChI is InChI=1S/C18H17NO5/c1-11(20)23-10-18-8-7-13(24-18)14-15(18)17(22)19(16(14)21)9-12-5-3-2-4-6-12/h2-8,13-15H,9-10H2,1H3/t13-,14+,15+,18-/m1/s1. The number of rotatable bonds is 4. The summed E-state index contributed by atoms with van der Waals surface area (Å²) in [6.45, 7) is 1.51. The molecular formula is C18H17NO5. The number of esters is 1. The van der Waals surface area contributed by atoms with Crippen LogP contribution in [0.25, 0.3) is 0 Å². The first-order valence-electron chi connectivity index (χ1n) is 7.91. The summed E-state index contributed by atoms with van der Waals surface area (Å²) in [5, 5.41) is 0. The molecule has 0 spiro atoms. The molecule has 6 heteroatoms. The monoisotopic (exact) mass is 327 g/mol. The first-order chi connectivity index (χ1) is 11.5. The molecule has 24 heavy (non-hydrogen) atoms. The minimum absolute atomic E-state index is 0.0469.